The number of methoxy groups -OCH3 is 1. The standard InChI is InChI=1S/C9H20N2O2/c1-4-5-8(10)9(12)11-6-7(2)13-3/h7-8H,4-6,10H2,1-3H3,(H,11,12)/t7?,8-/m1/s1. The van der Waals surface area contributed by atoms with Gasteiger partial charge >= 0.3 is 0 Å². The number of carbonyl (C=O) groups is 1. The molecule has 4 heteroatoms. The zero-order chi connectivity index (χ0) is 10.3. The molecule has 0 radical (unpaired) electrons. The van der Waals surface area contributed by atoms with Gasteiger partial charge in [0.15, 0.2) is 0 Å². The number of nitrogens with one attached hydrogen (secondary N) is 1. The Morgan fingerprint density at radius 3 is 2.69 bits per heavy atom. The smallest absolute Gasteiger partial charge is 0.237 e. The van der Waals surface area contributed by atoms with Crippen LogP contribution >= 0.6 is 0 Å². The topological polar surface area (TPSA) is 64.4 Å². The molecule has 0 rings (SSSR count). The number of rotatable bonds is 6. The van der Waals surface area contributed by atoms with Gasteiger partial charge in [-0.05, 0) is 13.3 Å². The molecular weight excluding hydrogens is 168 g/mol. The van der Waals surface area contributed by atoms with Crippen molar-refractivity contribution >= 4 is 5.91 Å². The lowest BCUT2D eigenvalue weighted by Gasteiger charge is -2.14. The van der Waals surface area contributed by atoms with Gasteiger partial charge in [0.05, 0.1) is 12.1 Å². The van der Waals surface area contributed by atoms with Crippen LogP contribution in [0.1, 0.15) is 26.7 Å². The van der Waals surface area contributed by atoms with Crippen molar-refractivity contribution in [2.45, 2.75) is 38.8 Å². The predicted octanol–water partition coefficient (Wildman–Crippen LogP) is 0.265. The molecule has 0 fully saturated rings. The third kappa shape index (κ3) is 5.60. The molecule has 1 amide bonds. The monoisotopic (exact) mass is 188 g/mol. The number of nitrogens with two attached hydrogens (primary N) is 1. The summed E-state index contributed by atoms with van der Waals surface area (Å²) >= 11 is 0. The molecule has 0 aliphatic heterocycles. The van der Waals surface area contributed by atoms with Gasteiger partial charge in [-0.25, -0.2) is 0 Å². The van der Waals surface area contributed by atoms with E-state index in [9.17, 15) is 4.79 Å². The maximum Gasteiger partial charge on any atom is 0.237 e. The molecule has 4 nitrogen and oxygen atoms in total. The number of hydrogen-bond acceptors (Lipinski definition) is 3. The number of ether oxygens (including phenoxy) is 1. The highest BCUT2D eigenvalue weighted by molar-refractivity contribution is 5.81. The van der Waals surface area contributed by atoms with Crippen molar-refractivity contribution in [2.75, 3.05) is 13.7 Å². The maximum atomic E-state index is 11.3. The van der Waals surface area contributed by atoms with E-state index >= 15 is 0 Å². The van der Waals surface area contributed by atoms with E-state index in [-0.39, 0.29) is 18.1 Å². The summed E-state index contributed by atoms with van der Waals surface area (Å²) in [4.78, 5) is 11.3. The summed E-state index contributed by atoms with van der Waals surface area (Å²) in [5.41, 5.74) is 5.60. The second-order valence-corrected chi connectivity index (χ2v) is 3.19. The molecular formula is C9H20N2O2. The maximum absolute atomic E-state index is 11.3. The molecule has 0 aromatic rings. The first-order valence-electron chi connectivity index (χ1n) is 4.67. The lowest BCUT2D eigenvalue weighted by Crippen LogP contribution is -2.43. The highest BCUT2D eigenvalue weighted by Crippen LogP contribution is 1.93. The van der Waals surface area contributed by atoms with Crippen molar-refractivity contribution in [3.8, 4) is 0 Å². The van der Waals surface area contributed by atoms with Crippen molar-refractivity contribution in [1.82, 2.24) is 5.32 Å². The summed E-state index contributed by atoms with van der Waals surface area (Å²) in [5.74, 6) is -0.0919. The van der Waals surface area contributed by atoms with Crippen molar-refractivity contribution in [1.29, 1.82) is 0 Å². The Kier molecular flexibility index (Phi) is 6.54. The molecule has 0 heterocycles. The third-order valence-electron chi connectivity index (χ3n) is 1.90. The van der Waals surface area contributed by atoms with Crippen molar-refractivity contribution in [3.05, 3.63) is 0 Å². The highest BCUT2D eigenvalue weighted by atomic mass is 16.5. The van der Waals surface area contributed by atoms with Crippen LogP contribution in [0.3, 0.4) is 0 Å². The summed E-state index contributed by atoms with van der Waals surface area (Å²) in [5, 5.41) is 2.73. The molecule has 0 aliphatic carbocycles. The summed E-state index contributed by atoms with van der Waals surface area (Å²) in [6, 6.07) is -0.381. The minimum Gasteiger partial charge on any atom is -0.380 e. The van der Waals surface area contributed by atoms with Gasteiger partial charge in [0.25, 0.3) is 0 Å². The van der Waals surface area contributed by atoms with E-state index in [4.69, 9.17) is 10.5 Å². The highest BCUT2D eigenvalue weighted by Gasteiger charge is 2.12. The van der Waals surface area contributed by atoms with Crippen LogP contribution in [0, 0.1) is 0 Å². The third-order valence-corrected chi connectivity index (χ3v) is 1.90. The first-order chi connectivity index (χ1) is 6.11. The van der Waals surface area contributed by atoms with Gasteiger partial charge in [-0.1, -0.05) is 13.3 Å². The average Bonchev–Trinajstić information content (AvgIpc) is 2.13. The fraction of sp³-hybridized carbons (Fsp3) is 0.889. The van der Waals surface area contributed by atoms with Crippen molar-refractivity contribution < 1.29 is 9.53 Å². The van der Waals surface area contributed by atoms with Crippen LogP contribution in [0.2, 0.25) is 0 Å². The van der Waals surface area contributed by atoms with Gasteiger partial charge in [0, 0.05) is 13.7 Å². The van der Waals surface area contributed by atoms with Crippen LogP contribution in [-0.2, 0) is 9.53 Å². The molecule has 78 valence electrons. The zero-order valence-electron chi connectivity index (χ0n) is 8.67. The predicted molar refractivity (Wildman–Crippen MR) is 52.4 cm³/mol. The van der Waals surface area contributed by atoms with Gasteiger partial charge in [0.1, 0.15) is 0 Å². The van der Waals surface area contributed by atoms with E-state index in [2.05, 4.69) is 5.32 Å². The van der Waals surface area contributed by atoms with Crippen LogP contribution in [-0.4, -0.2) is 31.7 Å². The first kappa shape index (κ1) is 12.4. The molecule has 2 atom stereocenters. The summed E-state index contributed by atoms with van der Waals surface area (Å²) in [6.45, 7) is 4.42. The van der Waals surface area contributed by atoms with E-state index in [0.717, 1.165) is 12.8 Å². The van der Waals surface area contributed by atoms with Gasteiger partial charge < -0.3 is 15.8 Å². The molecule has 13 heavy (non-hydrogen) atoms. The van der Waals surface area contributed by atoms with Gasteiger partial charge in [-0.15, -0.1) is 0 Å². The number of hydrogen-bond donors (Lipinski definition) is 2. The Labute approximate surface area is 79.8 Å². The molecule has 0 spiro atoms. The van der Waals surface area contributed by atoms with Gasteiger partial charge in [-0.2, -0.15) is 0 Å². The molecule has 0 aromatic carbocycles. The van der Waals surface area contributed by atoms with Crippen LogP contribution in [0.15, 0.2) is 0 Å². The van der Waals surface area contributed by atoms with Crippen molar-refractivity contribution in [3.63, 3.8) is 0 Å². The molecule has 0 bridgehead atoms. The molecule has 1 unspecified atom stereocenters. The summed E-state index contributed by atoms with van der Waals surface area (Å²) in [6.07, 6.45) is 1.69. The Morgan fingerprint density at radius 2 is 2.23 bits per heavy atom. The van der Waals surface area contributed by atoms with Gasteiger partial charge in [0.2, 0.25) is 5.91 Å². The van der Waals surface area contributed by atoms with E-state index < -0.39 is 0 Å². The molecule has 0 aromatic heterocycles. The average molecular weight is 188 g/mol. The fourth-order valence-electron chi connectivity index (χ4n) is 0.901. The molecule has 0 saturated carbocycles. The number of carbonyl (C=O) groups excluding carboxylic acids is 1. The largest absolute Gasteiger partial charge is 0.380 e. The lowest BCUT2D eigenvalue weighted by molar-refractivity contribution is -0.123. The second-order valence-electron chi connectivity index (χ2n) is 3.19. The Morgan fingerprint density at radius 1 is 1.62 bits per heavy atom. The summed E-state index contributed by atoms with van der Waals surface area (Å²) in [7, 11) is 1.61. The lowest BCUT2D eigenvalue weighted by atomic mass is 10.1. The first-order valence-corrected chi connectivity index (χ1v) is 4.67. The van der Waals surface area contributed by atoms with E-state index in [1.807, 2.05) is 13.8 Å². The van der Waals surface area contributed by atoms with E-state index in [0.29, 0.717) is 6.54 Å². The van der Waals surface area contributed by atoms with E-state index in [1.165, 1.54) is 0 Å². The van der Waals surface area contributed by atoms with Crippen LogP contribution in [0.25, 0.3) is 0 Å². The van der Waals surface area contributed by atoms with Gasteiger partial charge in [-0.3, -0.25) is 4.79 Å². The summed E-state index contributed by atoms with van der Waals surface area (Å²) < 4.78 is 4.98. The molecule has 0 aliphatic rings. The number of amides is 1. The van der Waals surface area contributed by atoms with Crippen LogP contribution in [0.5, 0.6) is 0 Å². The van der Waals surface area contributed by atoms with Crippen molar-refractivity contribution in [2.24, 2.45) is 5.73 Å². The Balaban J connectivity index is 3.61. The fourth-order valence-corrected chi connectivity index (χ4v) is 0.901. The Bertz CT molecular complexity index is 151. The normalized spacial score (nSPS) is 15.1. The minimum absolute atomic E-state index is 0.0396. The quantitative estimate of drug-likeness (QED) is 0.628. The SMILES string of the molecule is CCC[C@@H](N)C(=O)NCC(C)OC. The van der Waals surface area contributed by atoms with Crippen LogP contribution < -0.4 is 11.1 Å². The zero-order valence-corrected chi connectivity index (χ0v) is 8.67. The molecule has 3 N–H and O–H groups in total. The Hall–Kier alpha value is -0.610. The minimum atomic E-state index is -0.381. The second kappa shape index (κ2) is 6.86. The molecule has 0 saturated heterocycles. The van der Waals surface area contributed by atoms with E-state index in [1.54, 1.807) is 7.11 Å². The van der Waals surface area contributed by atoms with Crippen LogP contribution in [0.4, 0.5) is 0 Å².